The highest BCUT2D eigenvalue weighted by Gasteiger charge is 2.30. The van der Waals surface area contributed by atoms with Crippen molar-refractivity contribution in [3.63, 3.8) is 0 Å². The summed E-state index contributed by atoms with van der Waals surface area (Å²) >= 11 is 3.68. The van der Waals surface area contributed by atoms with Crippen LogP contribution in [0.3, 0.4) is 0 Å². The number of nitrogens with zero attached hydrogens (tertiary/aromatic N) is 4. The van der Waals surface area contributed by atoms with Gasteiger partial charge >= 0.3 is 0 Å². The Morgan fingerprint density at radius 1 is 0.947 bits per heavy atom. The third kappa shape index (κ3) is 5.59. The molecule has 2 atom stereocenters. The fourth-order valence-electron chi connectivity index (χ4n) is 5.69. The number of aromatic nitrogens is 4. The highest BCUT2D eigenvalue weighted by molar-refractivity contribution is 9.10. The first kappa shape index (κ1) is 25.4. The van der Waals surface area contributed by atoms with Gasteiger partial charge in [-0.25, -0.2) is 19.9 Å². The van der Waals surface area contributed by atoms with Gasteiger partial charge in [0.25, 0.3) is 0 Å². The molecular formula is C31H33BrN4O2. The molecule has 0 radical (unpaired) electrons. The smallest absolute Gasteiger partial charge is 0.213 e. The number of ether oxygens (including phenoxy) is 2. The fourth-order valence-corrected chi connectivity index (χ4v) is 6.01. The first-order chi connectivity index (χ1) is 18.6. The zero-order chi connectivity index (χ0) is 25.9. The molecule has 7 heteroatoms. The molecule has 4 aromatic rings. The van der Waals surface area contributed by atoms with E-state index >= 15 is 0 Å². The Morgan fingerprint density at radius 3 is 2.58 bits per heavy atom. The number of aryl methyl sites for hydroxylation is 1. The molecule has 1 aromatic carbocycles. The standard InChI is InChI=1S/C31H33BrN4O2/c1-20-26(32)17-25-29(22-10-6-3-7-11-22)35-30(36-31(25)34-20)23-14-15-37-27(16-23)24-12-13-28(33-18-24)38-19-21-8-4-2-5-9-21/h2,4-5,8-9,12-13,17-18,22-23,27H,3,6-7,10-11,14-16,19H2,1H3/t23-,27+/m0/s1. The van der Waals surface area contributed by atoms with Crippen LogP contribution in [0.25, 0.3) is 11.0 Å². The molecule has 2 aliphatic rings. The molecular weight excluding hydrogens is 540 g/mol. The quantitative estimate of drug-likeness (QED) is 0.235. The van der Waals surface area contributed by atoms with Gasteiger partial charge in [-0.1, -0.05) is 49.6 Å². The summed E-state index contributed by atoms with van der Waals surface area (Å²) in [6.45, 7) is 3.20. The molecule has 1 aliphatic heterocycles. The van der Waals surface area contributed by atoms with Crippen LogP contribution in [-0.2, 0) is 11.3 Å². The van der Waals surface area contributed by atoms with Crippen LogP contribution in [0.2, 0.25) is 0 Å². The van der Waals surface area contributed by atoms with E-state index in [0.29, 0.717) is 25.0 Å². The SMILES string of the molecule is Cc1nc2nc([C@H]3CCO[C@@H](c4ccc(OCc5ccccc5)nc4)C3)nc(C3CCCCC3)c2cc1Br. The third-order valence-corrected chi connectivity index (χ3v) is 8.67. The number of pyridine rings is 2. The van der Waals surface area contributed by atoms with Gasteiger partial charge in [-0.2, -0.15) is 0 Å². The van der Waals surface area contributed by atoms with Gasteiger partial charge in [0, 0.05) is 40.6 Å². The Bertz CT molecular complexity index is 1390. The van der Waals surface area contributed by atoms with Gasteiger partial charge in [0.2, 0.25) is 5.88 Å². The molecule has 0 spiro atoms. The average Bonchev–Trinajstić information content (AvgIpc) is 2.97. The van der Waals surface area contributed by atoms with Gasteiger partial charge in [0.05, 0.1) is 17.5 Å². The predicted molar refractivity (Wildman–Crippen MR) is 151 cm³/mol. The van der Waals surface area contributed by atoms with Crippen LogP contribution in [0.4, 0.5) is 0 Å². The molecule has 2 fully saturated rings. The largest absolute Gasteiger partial charge is 0.473 e. The molecule has 38 heavy (non-hydrogen) atoms. The second-order valence-electron chi connectivity index (χ2n) is 10.5. The van der Waals surface area contributed by atoms with Crippen molar-refractivity contribution in [3.8, 4) is 5.88 Å². The maximum Gasteiger partial charge on any atom is 0.213 e. The zero-order valence-corrected chi connectivity index (χ0v) is 23.4. The second kappa shape index (κ2) is 11.5. The van der Waals surface area contributed by atoms with Gasteiger partial charge in [-0.05, 0) is 71.8 Å². The van der Waals surface area contributed by atoms with Crippen LogP contribution in [0.15, 0.2) is 59.2 Å². The monoisotopic (exact) mass is 572 g/mol. The summed E-state index contributed by atoms with van der Waals surface area (Å²) < 4.78 is 13.1. The van der Waals surface area contributed by atoms with Crippen LogP contribution < -0.4 is 4.74 Å². The molecule has 1 saturated carbocycles. The maximum atomic E-state index is 6.20. The first-order valence-electron chi connectivity index (χ1n) is 13.7. The lowest BCUT2D eigenvalue weighted by Crippen LogP contribution is -2.21. The van der Waals surface area contributed by atoms with Crippen molar-refractivity contribution in [1.82, 2.24) is 19.9 Å². The average molecular weight is 574 g/mol. The lowest BCUT2D eigenvalue weighted by Gasteiger charge is -2.30. The van der Waals surface area contributed by atoms with Crippen LogP contribution >= 0.6 is 15.9 Å². The first-order valence-corrected chi connectivity index (χ1v) is 14.5. The summed E-state index contributed by atoms with van der Waals surface area (Å²) in [6, 6.07) is 16.3. The van der Waals surface area contributed by atoms with Gasteiger partial charge in [0.1, 0.15) is 12.4 Å². The highest BCUT2D eigenvalue weighted by Crippen LogP contribution is 2.40. The van der Waals surface area contributed by atoms with E-state index in [1.54, 1.807) is 0 Å². The second-order valence-corrected chi connectivity index (χ2v) is 11.4. The van der Waals surface area contributed by atoms with Crippen LogP contribution in [-0.4, -0.2) is 26.5 Å². The van der Waals surface area contributed by atoms with E-state index in [0.717, 1.165) is 51.0 Å². The van der Waals surface area contributed by atoms with E-state index in [9.17, 15) is 0 Å². The molecule has 1 saturated heterocycles. The summed E-state index contributed by atoms with van der Waals surface area (Å²) in [5, 5.41) is 1.09. The van der Waals surface area contributed by atoms with Crippen molar-refractivity contribution in [2.24, 2.45) is 0 Å². The molecule has 196 valence electrons. The van der Waals surface area contributed by atoms with E-state index in [1.165, 1.54) is 37.8 Å². The Kier molecular flexibility index (Phi) is 7.65. The van der Waals surface area contributed by atoms with E-state index in [1.807, 2.05) is 37.4 Å². The minimum absolute atomic E-state index is 0.0403. The lowest BCUT2D eigenvalue weighted by atomic mass is 9.85. The van der Waals surface area contributed by atoms with E-state index in [-0.39, 0.29) is 12.0 Å². The minimum Gasteiger partial charge on any atom is -0.473 e. The molecule has 4 heterocycles. The molecule has 0 N–H and O–H groups in total. The van der Waals surface area contributed by atoms with Crippen molar-refractivity contribution >= 4 is 27.0 Å². The molecule has 6 nitrogen and oxygen atoms in total. The van der Waals surface area contributed by atoms with E-state index < -0.39 is 0 Å². The topological polar surface area (TPSA) is 70.0 Å². The Labute approximate surface area is 232 Å². The van der Waals surface area contributed by atoms with Crippen molar-refractivity contribution in [1.29, 1.82) is 0 Å². The highest BCUT2D eigenvalue weighted by atomic mass is 79.9. The van der Waals surface area contributed by atoms with Gasteiger partial charge in [-0.3, -0.25) is 0 Å². The number of rotatable bonds is 6. The molecule has 0 amide bonds. The summed E-state index contributed by atoms with van der Waals surface area (Å²) in [5.74, 6) is 2.23. The molecule has 0 unspecified atom stereocenters. The van der Waals surface area contributed by atoms with Gasteiger partial charge in [-0.15, -0.1) is 0 Å². The van der Waals surface area contributed by atoms with E-state index in [2.05, 4.69) is 45.2 Å². The number of halogens is 1. The minimum atomic E-state index is -0.0403. The normalized spacial score (nSPS) is 20.5. The Morgan fingerprint density at radius 2 is 1.79 bits per heavy atom. The van der Waals surface area contributed by atoms with Crippen molar-refractivity contribution in [3.05, 3.63) is 87.5 Å². The molecule has 1 aliphatic carbocycles. The molecule has 6 rings (SSSR count). The summed E-state index contributed by atoms with van der Waals surface area (Å²) in [4.78, 5) is 19.7. The van der Waals surface area contributed by atoms with Gasteiger partial charge in [0.15, 0.2) is 5.65 Å². The number of benzene rings is 1. The number of fused-ring (bicyclic) bond motifs is 1. The van der Waals surface area contributed by atoms with E-state index in [4.69, 9.17) is 24.4 Å². The molecule has 0 bridgehead atoms. The number of hydrogen-bond donors (Lipinski definition) is 0. The van der Waals surface area contributed by atoms with Crippen LogP contribution in [0.1, 0.15) is 91.2 Å². The van der Waals surface area contributed by atoms with Crippen molar-refractivity contribution in [2.45, 2.75) is 76.4 Å². The summed E-state index contributed by atoms with van der Waals surface area (Å²) in [6.07, 6.45) is 9.82. The number of hydrogen-bond acceptors (Lipinski definition) is 6. The van der Waals surface area contributed by atoms with Crippen LogP contribution in [0, 0.1) is 6.92 Å². The summed E-state index contributed by atoms with van der Waals surface area (Å²) in [5.41, 5.74) is 5.15. The predicted octanol–water partition coefficient (Wildman–Crippen LogP) is 7.75. The Hall–Kier alpha value is -2.90. The van der Waals surface area contributed by atoms with Gasteiger partial charge < -0.3 is 9.47 Å². The van der Waals surface area contributed by atoms with Crippen LogP contribution in [0.5, 0.6) is 5.88 Å². The summed E-state index contributed by atoms with van der Waals surface area (Å²) in [7, 11) is 0. The maximum absolute atomic E-state index is 6.20. The fraction of sp³-hybridized carbons (Fsp3) is 0.419. The Balaban J connectivity index is 1.22. The lowest BCUT2D eigenvalue weighted by molar-refractivity contribution is 0.00372. The third-order valence-electron chi connectivity index (χ3n) is 7.86. The van der Waals surface area contributed by atoms with Crippen molar-refractivity contribution < 1.29 is 9.47 Å². The zero-order valence-electron chi connectivity index (χ0n) is 21.8. The molecule has 3 aromatic heterocycles. The van der Waals surface area contributed by atoms with Crippen molar-refractivity contribution in [2.75, 3.05) is 6.61 Å².